The molecule has 220 valence electrons. The topological polar surface area (TPSA) is 141 Å². The van der Waals surface area contributed by atoms with E-state index in [1.807, 2.05) is 30.3 Å². The van der Waals surface area contributed by atoms with Gasteiger partial charge in [0.2, 0.25) is 0 Å². The van der Waals surface area contributed by atoms with E-state index in [-0.39, 0.29) is 24.2 Å². The van der Waals surface area contributed by atoms with Crippen molar-refractivity contribution in [1.82, 2.24) is 5.32 Å². The molecule has 1 saturated carbocycles. The van der Waals surface area contributed by atoms with Crippen molar-refractivity contribution in [3.05, 3.63) is 124 Å². The number of amides is 2. The van der Waals surface area contributed by atoms with Gasteiger partial charge >= 0.3 is 0 Å². The molecule has 9 heteroatoms. The lowest BCUT2D eigenvalue weighted by atomic mass is 9.84. The van der Waals surface area contributed by atoms with Gasteiger partial charge in [-0.3, -0.25) is 19.7 Å². The van der Waals surface area contributed by atoms with Gasteiger partial charge in [-0.1, -0.05) is 79.9 Å². The molecule has 2 aliphatic rings. The van der Waals surface area contributed by atoms with Crippen molar-refractivity contribution < 1.29 is 14.4 Å². The third kappa shape index (κ3) is 5.51. The van der Waals surface area contributed by atoms with E-state index in [1.54, 1.807) is 53.4 Å². The van der Waals surface area contributed by atoms with Crippen molar-refractivity contribution in [3.63, 3.8) is 0 Å². The summed E-state index contributed by atoms with van der Waals surface area (Å²) in [4.78, 5) is 41.9. The second-order valence-electron chi connectivity index (χ2n) is 11.1. The predicted octanol–water partition coefficient (Wildman–Crippen LogP) is 6.78. The van der Waals surface area contributed by atoms with E-state index in [9.17, 15) is 14.4 Å². The van der Waals surface area contributed by atoms with E-state index < -0.39 is 5.91 Å². The van der Waals surface area contributed by atoms with Crippen LogP contribution in [0.15, 0.2) is 101 Å². The van der Waals surface area contributed by atoms with Crippen LogP contribution in [-0.4, -0.2) is 23.6 Å². The maximum Gasteiger partial charge on any atom is 0.265 e. The highest BCUT2D eigenvalue weighted by Crippen LogP contribution is 2.40. The van der Waals surface area contributed by atoms with E-state index in [2.05, 4.69) is 27.7 Å². The van der Waals surface area contributed by atoms with Crippen LogP contribution >= 0.6 is 0 Å². The molecule has 6 rings (SSSR count). The van der Waals surface area contributed by atoms with Crippen molar-refractivity contribution in [1.29, 1.82) is 5.53 Å². The molecule has 4 aromatic carbocycles. The number of ketones is 1. The lowest BCUT2D eigenvalue weighted by molar-refractivity contribution is 0.0970. The molecule has 9 nitrogen and oxygen atoms in total. The summed E-state index contributed by atoms with van der Waals surface area (Å²) in [5.74, 6) is 4.56. The molecule has 0 saturated heterocycles. The van der Waals surface area contributed by atoms with E-state index in [4.69, 9.17) is 11.4 Å². The van der Waals surface area contributed by atoms with E-state index in [0.717, 1.165) is 16.8 Å². The molecule has 0 atom stereocenters. The zero-order valence-corrected chi connectivity index (χ0v) is 24.1. The molecule has 1 fully saturated rings. The summed E-state index contributed by atoms with van der Waals surface area (Å²) in [6, 6.07) is 27.8. The molecule has 2 aliphatic carbocycles. The fourth-order valence-electron chi connectivity index (χ4n) is 6.25. The molecule has 4 aromatic rings. The number of hydrogen-bond acceptors (Lipinski definition) is 6. The van der Waals surface area contributed by atoms with Gasteiger partial charge in [0.25, 0.3) is 17.8 Å². The fraction of sp³-hybridized carbons (Fsp3) is 0.200. The number of hydrogen-bond donors (Lipinski definition) is 3. The Morgan fingerprint density at radius 3 is 2.20 bits per heavy atom. The lowest BCUT2D eigenvalue weighted by Gasteiger charge is -2.26. The number of guanidine groups is 1. The largest absolute Gasteiger partial charge is 0.320 e. The standard InChI is InChI=1S/C35H32N6O3/c36-39-35(40-37)38-33(43)25-15-13-22(14-16-25)21-41(26-19-17-24(18-20-26)23-7-2-1-3-8-23)34(44)30-12-6-11-29-31(30)27-9-4-5-10-28(27)32(29)42/h4-6,9-20,23,36H,1-3,7-8,21,37H2,(H,38,40,43). The number of rotatable bonds is 6. The van der Waals surface area contributed by atoms with E-state index >= 15 is 0 Å². The Bertz CT molecular complexity index is 1770. The highest BCUT2D eigenvalue weighted by Gasteiger charge is 2.32. The predicted molar refractivity (Wildman–Crippen MR) is 169 cm³/mol. The summed E-state index contributed by atoms with van der Waals surface area (Å²) < 4.78 is 0. The first-order valence-corrected chi connectivity index (χ1v) is 14.7. The van der Waals surface area contributed by atoms with E-state index in [1.165, 1.54) is 37.7 Å². The molecule has 0 bridgehead atoms. The Hall–Kier alpha value is -5.44. The molecular weight excluding hydrogens is 552 g/mol. The average molecular weight is 585 g/mol. The number of nitrogens with zero attached hydrogens (tertiary/aromatic N) is 3. The number of benzene rings is 4. The molecular formula is C35H32N6O3. The molecule has 0 unspecified atom stereocenters. The third-order valence-corrected chi connectivity index (χ3v) is 8.52. The van der Waals surface area contributed by atoms with Crippen LogP contribution in [0.25, 0.3) is 11.1 Å². The van der Waals surface area contributed by atoms with Gasteiger partial charge < -0.3 is 10.7 Å². The fourth-order valence-corrected chi connectivity index (χ4v) is 6.25. The summed E-state index contributed by atoms with van der Waals surface area (Å²) >= 11 is 0. The van der Waals surface area contributed by atoms with Crippen molar-refractivity contribution in [3.8, 4) is 11.1 Å². The Morgan fingerprint density at radius 2 is 1.52 bits per heavy atom. The molecule has 0 spiro atoms. The molecule has 0 aromatic heterocycles. The van der Waals surface area contributed by atoms with Crippen molar-refractivity contribution in [2.45, 2.75) is 44.6 Å². The molecule has 0 heterocycles. The monoisotopic (exact) mass is 584 g/mol. The second kappa shape index (κ2) is 12.4. The van der Waals surface area contributed by atoms with Crippen molar-refractivity contribution >= 4 is 29.2 Å². The van der Waals surface area contributed by atoms with Gasteiger partial charge in [0.1, 0.15) is 0 Å². The van der Waals surface area contributed by atoms with E-state index in [0.29, 0.717) is 33.7 Å². The minimum atomic E-state index is -0.508. The van der Waals surface area contributed by atoms with Crippen molar-refractivity contribution in [2.24, 2.45) is 16.1 Å². The zero-order chi connectivity index (χ0) is 30.6. The van der Waals surface area contributed by atoms with Gasteiger partial charge in [-0.15, -0.1) is 10.2 Å². The number of fused-ring (bicyclic) bond motifs is 3. The van der Waals surface area contributed by atoms with Gasteiger partial charge in [0.05, 0.1) is 6.54 Å². The van der Waals surface area contributed by atoms with Gasteiger partial charge in [0.15, 0.2) is 5.78 Å². The molecule has 0 aliphatic heterocycles. The zero-order valence-electron chi connectivity index (χ0n) is 24.1. The van der Waals surface area contributed by atoms with Crippen LogP contribution < -0.4 is 16.1 Å². The maximum absolute atomic E-state index is 14.5. The Labute approximate surface area is 255 Å². The second-order valence-corrected chi connectivity index (χ2v) is 11.1. The number of carbonyl (C=O) groups excluding carboxylic acids is 3. The molecule has 44 heavy (non-hydrogen) atoms. The van der Waals surface area contributed by atoms with Gasteiger partial charge in [0, 0.05) is 33.5 Å². The minimum Gasteiger partial charge on any atom is -0.320 e. The first-order chi connectivity index (χ1) is 21.5. The van der Waals surface area contributed by atoms with Crippen LogP contribution in [0.1, 0.15) is 85.8 Å². The highest BCUT2D eigenvalue weighted by molar-refractivity contribution is 6.25. The Morgan fingerprint density at radius 1 is 0.841 bits per heavy atom. The van der Waals surface area contributed by atoms with Gasteiger partial charge in [-0.2, -0.15) is 0 Å². The average Bonchev–Trinajstić information content (AvgIpc) is 3.38. The maximum atomic E-state index is 14.5. The first kappa shape index (κ1) is 28.7. The van der Waals surface area contributed by atoms with Crippen LogP contribution in [0.4, 0.5) is 5.69 Å². The number of nitrogens with two attached hydrogens (primary N) is 1. The quantitative estimate of drug-likeness (QED) is 0.0665. The minimum absolute atomic E-state index is 0.0800. The SMILES string of the molecule is N=N/C(=N\N)NC(=O)c1ccc(CN(C(=O)c2cccc3c2-c2ccccc2C3=O)c2ccc(C3CCCCC3)cc2)cc1. The number of carbonyl (C=O) groups is 3. The highest BCUT2D eigenvalue weighted by atomic mass is 16.2. The normalized spacial score (nSPS) is 14.5. The van der Waals surface area contributed by atoms with Crippen LogP contribution in [0.2, 0.25) is 0 Å². The summed E-state index contributed by atoms with van der Waals surface area (Å²) in [6.45, 7) is 0.236. The number of hydrazone groups is 1. The van der Waals surface area contributed by atoms with Gasteiger partial charge in [-0.25, -0.2) is 5.53 Å². The summed E-state index contributed by atoms with van der Waals surface area (Å²) in [7, 11) is 0. The number of anilines is 1. The van der Waals surface area contributed by atoms with Crippen LogP contribution in [0.3, 0.4) is 0 Å². The Kier molecular flexibility index (Phi) is 8.10. The summed E-state index contributed by atoms with van der Waals surface area (Å²) in [6.07, 6.45) is 6.12. The summed E-state index contributed by atoms with van der Waals surface area (Å²) in [5, 5.41) is 8.69. The van der Waals surface area contributed by atoms with Crippen LogP contribution in [-0.2, 0) is 6.54 Å². The van der Waals surface area contributed by atoms with Crippen molar-refractivity contribution in [2.75, 3.05) is 4.90 Å². The molecule has 4 N–H and O–H groups in total. The smallest absolute Gasteiger partial charge is 0.265 e. The Balaban J connectivity index is 1.35. The summed E-state index contributed by atoms with van der Waals surface area (Å²) in [5.41, 5.74) is 13.2. The van der Waals surface area contributed by atoms with Gasteiger partial charge in [-0.05, 0) is 65.8 Å². The van der Waals surface area contributed by atoms with Crippen LogP contribution in [0, 0.1) is 5.53 Å². The number of nitrogens with one attached hydrogen (secondary N) is 2. The molecule has 2 amide bonds. The van der Waals surface area contributed by atoms with Crippen LogP contribution in [0.5, 0.6) is 0 Å². The molecule has 0 radical (unpaired) electrons. The first-order valence-electron chi connectivity index (χ1n) is 14.7. The third-order valence-electron chi connectivity index (χ3n) is 8.52. The lowest BCUT2D eigenvalue weighted by Crippen LogP contribution is -2.31.